The summed E-state index contributed by atoms with van der Waals surface area (Å²) in [5.74, 6) is 0.503. The van der Waals surface area contributed by atoms with Crippen LogP contribution in [0, 0.1) is 0 Å². The second kappa shape index (κ2) is 7.75. The highest BCUT2D eigenvalue weighted by atomic mass is 32.2. The average molecular weight is 404 g/mol. The van der Waals surface area contributed by atoms with E-state index in [0.29, 0.717) is 24.7 Å². The molecule has 0 saturated carbocycles. The fourth-order valence-corrected chi connectivity index (χ4v) is 3.88. The SMILES string of the molecule is CN(C)c1nc([C@H]2CCN(C(=O)Cc3ccc(S(C)(=O)=O)cc3)C2)cc(=O)[nH]1. The van der Waals surface area contributed by atoms with Crippen molar-refractivity contribution in [3.8, 4) is 0 Å². The van der Waals surface area contributed by atoms with E-state index in [0.717, 1.165) is 18.2 Å². The zero-order chi connectivity index (χ0) is 20.5. The molecule has 0 unspecified atom stereocenters. The van der Waals surface area contributed by atoms with E-state index >= 15 is 0 Å². The summed E-state index contributed by atoms with van der Waals surface area (Å²) in [6.07, 6.45) is 2.12. The minimum Gasteiger partial charge on any atom is -0.348 e. The number of sulfone groups is 1. The molecule has 2 heterocycles. The summed E-state index contributed by atoms with van der Waals surface area (Å²) >= 11 is 0. The number of H-pyrrole nitrogens is 1. The van der Waals surface area contributed by atoms with Crippen LogP contribution in [-0.2, 0) is 21.1 Å². The molecule has 0 radical (unpaired) electrons. The molecule has 28 heavy (non-hydrogen) atoms. The van der Waals surface area contributed by atoms with Crippen LogP contribution >= 0.6 is 0 Å². The lowest BCUT2D eigenvalue weighted by molar-refractivity contribution is -0.129. The third kappa shape index (κ3) is 4.59. The Hall–Kier alpha value is -2.68. The number of amides is 1. The van der Waals surface area contributed by atoms with Gasteiger partial charge in [0.2, 0.25) is 11.9 Å². The quantitative estimate of drug-likeness (QED) is 0.791. The second-order valence-electron chi connectivity index (χ2n) is 7.31. The van der Waals surface area contributed by atoms with E-state index in [1.165, 1.54) is 18.2 Å². The van der Waals surface area contributed by atoms with Crippen LogP contribution in [0.2, 0.25) is 0 Å². The molecule has 1 fully saturated rings. The predicted molar refractivity (Wildman–Crippen MR) is 106 cm³/mol. The Labute approximate surface area is 164 Å². The number of rotatable bonds is 5. The van der Waals surface area contributed by atoms with Gasteiger partial charge in [0.25, 0.3) is 5.56 Å². The van der Waals surface area contributed by atoms with Gasteiger partial charge in [-0.25, -0.2) is 13.4 Å². The second-order valence-corrected chi connectivity index (χ2v) is 9.32. The summed E-state index contributed by atoms with van der Waals surface area (Å²) in [7, 11) is 0.366. The van der Waals surface area contributed by atoms with E-state index in [2.05, 4.69) is 9.97 Å². The summed E-state index contributed by atoms with van der Waals surface area (Å²) < 4.78 is 23.1. The summed E-state index contributed by atoms with van der Waals surface area (Å²) in [6.45, 7) is 1.13. The number of aromatic amines is 1. The van der Waals surface area contributed by atoms with Crippen molar-refractivity contribution in [3.63, 3.8) is 0 Å². The lowest BCUT2D eigenvalue weighted by Gasteiger charge is -2.17. The van der Waals surface area contributed by atoms with E-state index in [-0.39, 0.29) is 28.7 Å². The zero-order valence-electron chi connectivity index (χ0n) is 16.2. The number of carbonyl (C=O) groups is 1. The highest BCUT2D eigenvalue weighted by Crippen LogP contribution is 2.26. The van der Waals surface area contributed by atoms with Gasteiger partial charge in [0.05, 0.1) is 17.0 Å². The molecule has 8 nitrogen and oxygen atoms in total. The molecule has 1 N–H and O–H groups in total. The van der Waals surface area contributed by atoms with E-state index in [4.69, 9.17) is 0 Å². The van der Waals surface area contributed by atoms with Crippen LogP contribution in [0.15, 0.2) is 40.0 Å². The van der Waals surface area contributed by atoms with Gasteiger partial charge in [-0.3, -0.25) is 14.6 Å². The molecule has 1 amide bonds. The van der Waals surface area contributed by atoms with Crippen molar-refractivity contribution in [1.29, 1.82) is 0 Å². The van der Waals surface area contributed by atoms with Crippen molar-refractivity contribution in [1.82, 2.24) is 14.9 Å². The summed E-state index contributed by atoms with van der Waals surface area (Å²) in [6, 6.07) is 7.88. The van der Waals surface area contributed by atoms with Crippen LogP contribution < -0.4 is 10.5 Å². The van der Waals surface area contributed by atoms with E-state index < -0.39 is 9.84 Å². The van der Waals surface area contributed by atoms with Crippen LogP contribution in [0.3, 0.4) is 0 Å². The van der Waals surface area contributed by atoms with Crippen molar-refractivity contribution in [3.05, 3.63) is 51.9 Å². The van der Waals surface area contributed by atoms with Gasteiger partial charge >= 0.3 is 0 Å². The molecule has 1 aromatic heterocycles. The number of hydrogen-bond donors (Lipinski definition) is 1. The molecule has 1 aromatic carbocycles. The highest BCUT2D eigenvalue weighted by molar-refractivity contribution is 7.90. The van der Waals surface area contributed by atoms with Gasteiger partial charge in [0.1, 0.15) is 0 Å². The third-order valence-corrected chi connectivity index (χ3v) is 5.97. The molecular weight excluding hydrogens is 380 g/mol. The maximum atomic E-state index is 12.6. The van der Waals surface area contributed by atoms with Crippen LogP contribution in [0.5, 0.6) is 0 Å². The monoisotopic (exact) mass is 404 g/mol. The van der Waals surface area contributed by atoms with Gasteiger partial charge in [-0.15, -0.1) is 0 Å². The third-order valence-electron chi connectivity index (χ3n) is 4.84. The molecule has 3 rings (SSSR count). The lowest BCUT2D eigenvalue weighted by atomic mass is 10.0. The first-order chi connectivity index (χ1) is 13.1. The first-order valence-electron chi connectivity index (χ1n) is 8.99. The Balaban J connectivity index is 1.67. The summed E-state index contributed by atoms with van der Waals surface area (Å²) in [5, 5.41) is 0. The maximum Gasteiger partial charge on any atom is 0.252 e. The molecule has 9 heteroatoms. The van der Waals surface area contributed by atoms with Crippen molar-refractivity contribution >= 4 is 21.7 Å². The number of nitrogens with one attached hydrogen (secondary N) is 1. The van der Waals surface area contributed by atoms with Gasteiger partial charge < -0.3 is 9.80 Å². The van der Waals surface area contributed by atoms with Crippen LogP contribution in [0.4, 0.5) is 5.95 Å². The Morgan fingerprint density at radius 1 is 1.29 bits per heavy atom. The molecule has 150 valence electrons. The molecule has 0 spiro atoms. The molecule has 0 aliphatic carbocycles. The molecule has 1 saturated heterocycles. The van der Waals surface area contributed by atoms with Gasteiger partial charge in [0.15, 0.2) is 9.84 Å². The molecular formula is C19H24N4O4S. The van der Waals surface area contributed by atoms with E-state index in [1.807, 2.05) is 14.1 Å². The van der Waals surface area contributed by atoms with E-state index in [1.54, 1.807) is 21.9 Å². The topological polar surface area (TPSA) is 103 Å². The minimum absolute atomic E-state index is 0.0210. The minimum atomic E-state index is -3.25. The standard InChI is InChI=1S/C19H24N4O4S/c1-22(2)19-20-16(11-17(24)21-19)14-8-9-23(12-14)18(25)10-13-4-6-15(7-5-13)28(3,26)27/h4-7,11,14H,8-10,12H2,1-3H3,(H,20,21,24)/t14-/m0/s1. The predicted octanol–water partition coefficient (Wildman–Crippen LogP) is 0.798. The maximum absolute atomic E-state index is 12.6. The fourth-order valence-electron chi connectivity index (χ4n) is 3.25. The highest BCUT2D eigenvalue weighted by Gasteiger charge is 2.28. The number of benzene rings is 1. The molecule has 1 aliphatic heterocycles. The number of nitrogens with zero attached hydrogens (tertiary/aromatic N) is 3. The summed E-state index contributed by atoms with van der Waals surface area (Å²) in [5.41, 5.74) is 1.26. The first-order valence-corrected chi connectivity index (χ1v) is 10.9. The van der Waals surface area contributed by atoms with Gasteiger partial charge in [-0.1, -0.05) is 12.1 Å². The van der Waals surface area contributed by atoms with Crippen LogP contribution in [0.1, 0.15) is 23.6 Å². The van der Waals surface area contributed by atoms with Crippen molar-refractivity contribution in [2.75, 3.05) is 38.3 Å². The molecule has 2 aromatic rings. The molecule has 1 aliphatic rings. The largest absolute Gasteiger partial charge is 0.348 e. The number of aromatic nitrogens is 2. The Bertz CT molecular complexity index is 1030. The van der Waals surface area contributed by atoms with Crippen molar-refractivity contribution in [2.24, 2.45) is 0 Å². The van der Waals surface area contributed by atoms with E-state index in [9.17, 15) is 18.0 Å². The normalized spacial score (nSPS) is 17.0. The molecule has 1 atom stereocenters. The zero-order valence-corrected chi connectivity index (χ0v) is 17.0. The average Bonchev–Trinajstić information content (AvgIpc) is 3.11. The number of likely N-dealkylation sites (tertiary alicyclic amines) is 1. The smallest absolute Gasteiger partial charge is 0.252 e. The fraction of sp³-hybridized carbons (Fsp3) is 0.421. The molecule has 0 bridgehead atoms. The Morgan fingerprint density at radius 3 is 2.57 bits per heavy atom. The van der Waals surface area contributed by atoms with Crippen LogP contribution in [-0.4, -0.2) is 62.6 Å². The number of carbonyl (C=O) groups excluding carboxylic acids is 1. The van der Waals surface area contributed by atoms with Crippen molar-refractivity contribution in [2.45, 2.75) is 23.7 Å². The lowest BCUT2D eigenvalue weighted by Crippen LogP contribution is -2.30. The Kier molecular flexibility index (Phi) is 5.55. The van der Waals surface area contributed by atoms with Gasteiger partial charge in [-0.05, 0) is 24.1 Å². The first kappa shape index (κ1) is 20.1. The van der Waals surface area contributed by atoms with Crippen molar-refractivity contribution < 1.29 is 13.2 Å². The van der Waals surface area contributed by atoms with Gasteiger partial charge in [0, 0.05) is 45.4 Å². The van der Waals surface area contributed by atoms with Gasteiger partial charge in [-0.2, -0.15) is 0 Å². The summed E-state index contributed by atoms with van der Waals surface area (Å²) in [4.78, 5) is 35.4. The Morgan fingerprint density at radius 2 is 1.96 bits per heavy atom. The number of hydrogen-bond acceptors (Lipinski definition) is 6. The number of anilines is 1. The van der Waals surface area contributed by atoms with Crippen LogP contribution in [0.25, 0.3) is 0 Å².